The van der Waals surface area contributed by atoms with E-state index in [2.05, 4.69) is 9.88 Å². The van der Waals surface area contributed by atoms with Crippen molar-refractivity contribution in [3.63, 3.8) is 0 Å². The molecule has 0 aliphatic carbocycles. The molecule has 5 nitrogen and oxygen atoms in total. The zero-order valence-electron chi connectivity index (χ0n) is 10.3. The number of pyridine rings is 1. The Kier molecular flexibility index (Phi) is 3.17. The fourth-order valence-electron chi connectivity index (χ4n) is 2.11. The summed E-state index contributed by atoms with van der Waals surface area (Å²) in [7, 11) is 1.85. The molecule has 92 valence electrons. The molecule has 1 amide bonds. The van der Waals surface area contributed by atoms with E-state index in [9.17, 15) is 4.79 Å². The van der Waals surface area contributed by atoms with Gasteiger partial charge in [-0.05, 0) is 18.6 Å². The molecule has 0 unspecified atom stereocenters. The maximum absolute atomic E-state index is 11.3. The Morgan fingerprint density at radius 2 is 2.35 bits per heavy atom. The number of nitrogens with zero attached hydrogens (tertiary/aromatic N) is 3. The Labute approximate surface area is 101 Å². The van der Waals surface area contributed by atoms with Crippen LogP contribution in [-0.2, 0) is 4.79 Å². The number of nitrogens with two attached hydrogens (primary N) is 1. The smallest absolute Gasteiger partial charge is 0.219 e. The van der Waals surface area contributed by atoms with E-state index in [0.717, 1.165) is 25.3 Å². The minimum absolute atomic E-state index is 0.113. The molecule has 2 N–H and O–H groups in total. The Hall–Kier alpha value is -1.78. The maximum atomic E-state index is 11.3. The predicted molar refractivity (Wildman–Crippen MR) is 67.7 cm³/mol. The van der Waals surface area contributed by atoms with Gasteiger partial charge in [-0.25, -0.2) is 4.98 Å². The quantitative estimate of drug-likeness (QED) is 0.819. The number of rotatable bonds is 2. The first kappa shape index (κ1) is 11.7. The SMILES string of the molecule is CC(=O)N(C)[C@@H]1CCN(c2ccc(N)cn2)C1. The van der Waals surface area contributed by atoms with Crippen LogP contribution in [0, 0.1) is 0 Å². The lowest BCUT2D eigenvalue weighted by molar-refractivity contribution is -0.129. The van der Waals surface area contributed by atoms with Crippen molar-refractivity contribution < 1.29 is 4.79 Å². The number of amides is 1. The van der Waals surface area contributed by atoms with E-state index >= 15 is 0 Å². The molecule has 1 aromatic rings. The molecule has 17 heavy (non-hydrogen) atoms. The number of hydrogen-bond acceptors (Lipinski definition) is 4. The zero-order chi connectivity index (χ0) is 12.4. The molecular weight excluding hydrogens is 216 g/mol. The molecule has 1 aliphatic rings. The number of hydrogen-bond donors (Lipinski definition) is 1. The van der Waals surface area contributed by atoms with Gasteiger partial charge < -0.3 is 15.5 Å². The van der Waals surface area contributed by atoms with E-state index in [1.807, 2.05) is 19.2 Å². The fraction of sp³-hybridized carbons (Fsp3) is 0.500. The lowest BCUT2D eigenvalue weighted by Crippen LogP contribution is -2.37. The largest absolute Gasteiger partial charge is 0.397 e. The van der Waals surface area contributed by atoms with E-state index in [0.29, 0.717) is 5.69 Å². The van der Waals surface area contributed by atoms with E-state index < -0.39 is 0 Å². The molecule has 0 radical (unpaired) electrons. The molecule has 1 aromatic heterocycles. The van der Waals surface area contributed by atoms with Gasteiger partial charge in [0.2, 0.25) is 5.91 Å². The van der Waals surface area contributed by atoms with Crippen LogP contribution in [0.2, 0.25) is 0 Å². The lowest BCUT2D eigenvalue weighted by atomic mass is 10.2. The second-order valence-corrected chi connectivity index (χ2v) is 4.47. The van der Waals surface area contributed by atoms with Crippen molar-refractivity contribution in [2.24, 2.45) is 0 Å². The number of carbonyl (C=O) groups is 1. The molecule has 2 heterocycles. The Morgan fingerprint density at radius 1 is 1.59 bits per heavy atom. The van der Waals surface area contributed by atoms with Crippen molar-refractivity contribution in [1.82, 2.24) is 9.88 Å². The Balaban J connectivity index is 2.02. The molecular formula is C12H18N4O. The summed E-state index contributed by atoms with van der Waals surface area (Å²) in [5, 5.41) is 0. The third-order valence-corrected chi connectivity index (χ3v) is 3.30. The summed E-state index contributed by atoms with van der Waals surface area (Å²) >= 11 is 0. The van der Waals surface area contributed by atoms with Crippen molar-refractivity contribution in [1.29, 1.82) is 0 Å². The molecule has 1 fully saturated rings. The third-order valence-electron chi connectivity index (χ3n) is 3.30. The summed E-state index contributed by atoms with van der Waals surface area (Å²) in [6, 6.07) is 4.06. The number of nitrogen functional groups attached to an aromatic ring is 1. The molecule has 1 saturated heterocycles. The van der Waals surface area contributed by atoms with Gasteiger partial charge in [-0.1, -0.05) is 0 Å². The first-order valence-electron chi connectivity index (χ1n) is 5.78. The van der Waals surface area contributed by atoms with E-state index in [1.54, 1.807) is 18.0 Å². The minimum Gasteiger partial charge on any atom is -0.397 e. The van der Waals surface area contributed by atoms with Crippen LogP contribution >= 0.6 is 0 Å². The van der Waals surface area contributed by atoms with Crippen LogP contribution in [0.4, 0.5) is 11.5 Å². The molecule has 0 saturated carbocycles. The number of likely N-dealkylation sites (N-methyl/N-ethyl adjacent to an activating group) is 1. The first-order valence-corrected chi connectivity index (χ1v) is 5.78. The van der Waals surface area contributed by atoms with Gasteiger partial charge in [0.15, 0.2) is 0 Å². The van der Waals surface area contributed by atoms with Crippen LogP contribution in [0.1, 0.15) is 13.3 Å². The summed E-state index contributed by atoms with van der Waals surface area (Å²) in [4.78, 5) is 19.6. The van der Waals surface area contributed by atoms with Crippen molar-refractivity contribution in [2.45, 2.75) is 19.4 Å². The number of aromatic nitrogens is 1. The van der Waals surface area contributed by atoms with Crippen LogP contribution in [0.25, 0.3) is 0 Å². The van der Waals surface area contributed by atoms with Crippen LogP contribution in [-0.4, -0.2) is 42.0 Å². The Bertz CT molecular complexity index is 403. The van der Waals surface area contributed by atoms with Crippen molar-refractivity contribution in [2.75, 3.05) is 30.8 Å². The highest BCUT2D eigenvalue weighted by atomic mass is 16.2. The van der Waals surface area contributed by atoms with Crippen molar-refractivity contribution in [3.8, 4) is 0 Å². The first-order chi connectivity index (χ1) is 8.08. The van der Waals surface area contributed by atoms with Crippen LogP contribution < -0.4 is 10.6 Å². The standard InChI is InChI=1S/C12H18N4O/c1-9(17)15(2)11-5-6-16(8-11)12-4-3-10(13)7-14-12/h3-4,7,11H,5-6,8,13H2,1-2H3/t11-/m1/s1. The molecule has 1 aliphatic heterocycles. The van der Waals surface area contributed by atoms with Gasteiger partial charge in [-0.2, -0.15) is 0 Å². The molecule has 1 atom stereocenters. The van der Waals surface area contributed by atoms with Gasteiger partial charge in [-0.15, -0.1) is 0 Å². The minimum atomic E-state index is 0.113. The number of anilines is 2. The maximum Gasteiger partial charge on any atom is 0.219 e. The second kappa shape index (κ2) is 4.61. The molecule has 2 rings (SSSR count). The average molecular weight is 234 g/mol. The summed E-state index contributed by atoms with van der Waals surface area (Å²) in [6.45, 7) is 3.37. The molecule has 0 aromatic carbocycles. The summed E-state index contributed by atoms with van der Waals surface area (Å²) in [5.74, 6) is 1.04. The van der Waals surface area contributed by atoms with E-state index in [1.165, 1.54) is 0 Å². The van der Waals surface area contributed by atoms with Crippen molar-refractivity contribution >= 4 is 17.4 Å². The summed E-state index contributed by atoms with van der Waals surface area (Å²) in [6.07, 6.45) is 2.65. The lowest BCUT2D eigenvalue weighted by Gasteiger charge is -2.23. The third kappa shape index (κ3) is 2.49. The Morgan fingerprint density at radius 3 is 2.94 bits per heavy atom. The fourth-order valence-corrected chi connectivity index (χ4v) is 2.11. The number of carbonyl (C=O) groups excluding carboxylic acids is 1. The average Bonchev–Trinajstić information content (AvgIpc) is 2.78. The van der Waals surface area contributed by atoms with Crippen molar-refractivity contribution in [3.05, 3.63) is 18.3 Å². The highest BCUT2D eigenvalue weighted by Crippen LogP contribution is 2.21. The predicted octanol–water partition coefficient (Wildman–Crippen LogP) is 0.721. The van der Waals surface area contributed by atoms with Crippen LogP contribution in [0.3, 0.4) is 0 Å². The highest BCUT2D eigenvalue weighted by Gasteiger charge is 2.27. The second-order valence-electron chi connectivity index (χ2n) is 4.47. The van der Waals surface area contributed by atoms with Gasteiger partial charge >= 0.3 is 0 Å². The van der Waals surface area contributed by atoms with Gasteiger partial charge in [-0.3, -0.25) is 4.79 Å². The van der Waals surface area contributed by atoms with Gasteiger partial charge in [0, 0.05) is 27.1 Å². The van der Waals surface area contributed by atoms with E-state index in [-0.39, 0.29) is 11.9 Å². The van der Waals surface area contributed by atoms with Gasteiger partial charge in [0.05, 0.1) is 17.9 Å². The van der Waals surface area contributed by atoms with Crippen LogP contribution in [0.15, 0.2) is 18.3 Å². The zero-order valence-corrected chi connectivity index (χ0v) is 10.3. The highest BCUT2D eigenvalue weighted by molar-refractivity contribution is 5.73. The summed E-state index contributed by atoms with van der Waals surface area (Å²) < 4.78 is 0. The summed E-state index contributed by atoms with van der Waals surface area (Å²) in [5.41, 5.74) is 6.28. The molecule has 0 spiro atoms. The van der Waals surface area contributed by atoms with E-state index in [4.69, 9.17) is 5.73 Å². The normalized spacial score (nSPS) is 19.4. The molecule has 0 bridgehead atoms. The monoisotopic (exact) mass is 234 g/mol. The van der Waals surface area contributed by atoms with Gasteiger partial charge in [0.25, 0.3) is 0 Å². The molecule has 5 heteroatoms. The van der Waals surface area contributed by atoms with Crippen LogP contribution in [0.5, 0.6) is 0 Å². The topological polar surface area (TPSA) is 62.5 Å². The van der Waals surface area contributed by atoms with Gasteiger partial charge in [0.1, 0.15) is 5.82 Å².